The Morgan fingerprint density at radius 2 is 1.89 bits per heavy atom. The largest absolute Gasteiger partial charge is 0.493 e. The van der Waals surface area contributed by atoms with Crippen molar-refractivity contribution in [2.45, 2.75) is 44.9 Å². The van der Waals surface area contributed by atoms with Gasteiger partial charge in [-0.3, -0.25) is 0 Å². The van der Waals surface area contributed by atoms with Crippen molar-refractivity contribution in [2.75, 3.05) is 13.2 Å². The fourth-order valence-corrected chi connectivity index (χ4v) is 2.99. The quantitative estimate of drug-likeness (QED) is 0.865. The second kappa shape index (κ2) is 4.93. The van der Waals surface area contributed by atoms with Crippen molar-refractivity contribution in [3.05, 3.63) is 29.3 Å². The molecule has 18 heavy (non-hydrogen) atoms. The summed E-state index contributed by atoms with van der Waals surface area (Å²) >= 11 is 0. The van der Waals surface area contributed by atoms with Crippen molar-refractivity contribution in [1.29, 1.82) is 0 Å². The maximum absolute atomic E-state index is 6.00. The van der Waals surface area contributed by atoms with Crippen molar-refractivity contribution in [2.24, 2.45) is 11.1 Å². The Balaban J connectivity index is 1.63. The molecule has 2 N–H and O–H groups in total. The van der Waals surface area contributed by atoms with E-state index in [1.807, 2.05) is 0 Å². The van der Waals surface area contributed by atoms with Crippen LogP contribution in [0.4, 0.5) is 0 Å². The smallest absolute Gasteiger partial charge is 0.119 e. The Hall–Kier alpha value is -1.02. The van der Waals surface area contributed by atoms with Crippen LogP contribution in [0.5, 0.6) is 5.75 Å². The van der Waals surface area contributed by atoms with E-state index in [9.17, 15) is 0 Å². The highest BCUT2D eigenvalue weighted by molar-refractivity contribution is 5.37. The van der Waals surface area contributed by atoms with Crippen molar-refractivity contribution in [1.82, 2.24) is 0 Å². The molecule has 2 nitrogen and oxygen atoms in total. The van der Waals surface area contributed by atoms with Crippen molar-refractivity contribution in [3.8, 4) is 5.75 Å². The average molecular weight is 245 g/mol. The molecule has 2 heteroatoms. The molecule has 0 unspecified atom stereocenters. The SMILES string of the molecule is NCCC1(COc2ccc3c(c2)CCCC3)CC1. The van der Waals surface area contributed by atoms with Crippen LogP contribution in [0.25, 0.3) is 0 Å². The van der Waals surface area contributed by atoms with Crippen LogP contribution in [0.15, 0.2) is 18.2 Å². The van der Waals surface area contributed by atoms with Crippen LogP contribution in [-0.4, -0.2) is 13.2 Å². The highest BCUT2D eigenvalue weighted by Crippen LogP contribution is 2.48. The number of aryl methyl sites for hydroxylation is 2. The van der Waals surface area contributed by atoms with Gasteiger partial charge in [-0.15, -0.1) is 0 Å². The van der Waals surface area contributed by atoms with Crippen LogP contribution in [-0.2, 0) is 12.8 Å². The minimum Gasteiger partial charge on any atom is -0.493 e. The summed E-state index contributed by atoms with van der Waals surface area (Å²) in [7, 11) is 0. The Morgan fingerprint density at radius 1 is 1.11 bits per heavy atom. The minimum absolute atomic E-state index is 0.407. The van der Waals surface area contributed by atoms with Gasteiger partial charge < -0.3 is 10.5 Å². The summed E-state index contributed by atoms with van der Waals surface area (Å²) in [5, 5.41) is 0. The Labute approximate surface area is 110 Å². The molecule has 1 aromatic carbocycles. The zero-order chi connectivity index (χ0) is 12.4. The first-order chi connectivity index (χ1) is 8.81. The van der Waals surface area contributed by atoms with E-state index in [2.05, 4.69) is 18.2 Å². The maximum Gasteiger partial charge on any atom is 0.119 e. The second-order valence-corrected chi connectivity index (χ2v) is 5.96. The molecule has 98 valence electrons. The summed E-state index contributed by atoms with van der Waals surface area (Å²) in [5.74, 6) is 1.05. The van der Waals surface area contributed by atoms with Gasteiger partial charge in [0.2, 0.25) is 0 Å². The summed E-state index contributed by atoms with van der Waals surface area (Å²) < 4.78 is 6.00. The Morgan fingerprint density at radius 3 is 2.61 bits per heavy atom. The predicted molar refractivity (Wildman–Crippen MR) is 73.9 cm³/mol. The number of hydrogen-bond donors (Lipinski definition) is 1. The standard InChI is InChI=1S/C16H23NO/c17-10-9-16(7-8-16)12-18-15-6-5-13-3-1-2-4-14(13)11-15/h5-6,11H,1-4,7-10,12,17H2. The molecule has 0 heterocycles. The van der Waals surface area contributed by atoms with E-state index in [0.717, 1.165) is 25.3 Å². The first kappa shape index (κ1) is 12.0. The minimum atomic E-state index is 0.407. The summed E-state index contributed by atoms with van der Waals surface area (Å²) in [6, 6.07) is 6.65. The molecule has 1 fully saturated rings. The third kappa shape index (κ3) is 2.54. The molecular formula is C16H23NO. The van der Waals surface area contributed by atoms with Gasteiger partial charge in [0, 0.05) is 5.41 Å². The highest BCUT2D eigenvalue weighted by Gasteiger charge is 2.42. The lowest BCUT2D eigenvalue weighted by atomic mass is 9.92. The van der Waals surface area contributed by atoms with Crippen LogP contribution < -0.4 is 10.5 Å². The van der Waals surface area contributed by atoms with E-state index in [-0.39, 0.29) is 0 Å². The molecule has 1 saturated carbocycles. The van der Waals surface area contributed by atoms with E-state index in [1.54, 1.807) is 0 Å². The molecule has 0 aromatic heterocycles. The van der Waals surface area contributed by atoms with Crippen molar-refractivity contribution < 1.29 is 4.74 Å². The maximum atomic E-state index is 6.00. The number of rotatable bonds is 5. The molecule has 0 saturated heterocycles. The van der Waals surface area contributed by atoms with E-state index >= 15 is 0 Å². The molecule has 2 aliphatic carbocycles. The predicted octanol–water partition coefficient (Wildman–Crippen LogP) is 3.07. The van der Waals surface area contributed by atoms with E-state index < -0.39 is 0 Å². The third-order valence-electron chi connectivity index (χ3n) is 4.50. The third-order valence-corrected chi connectivity index (χ3v) is 4.50. The summed E-state index contributed by atoms with van der Waals surface area (Å²) in [6.07, 6.45) is 8.82. The van der Waals surface area contributed by atoms with E-state index in [0.29, 0.717) is 5.41 Å². The average Bonchev–Trinajstić information content (AvgIpc) is 3.17. The first-order valence-corrected chi connectivity index (χ1v) is 7.26. The molecule has 0 atom stereocenters. The summed E-state index contributed by atoms with van der Waals surface area (Å²) in [6.45, 7) is 1.64. The molecular weight excluding hydrogens is 222 g/mol. The van der Waals surface area contributed by atoms with Crippen molar-refractivity contribution >= 4 is 0 Å². The topological polar surface area (TPSA) is 35.2 Å². The zero-order valence-corrected chi connectivity index (χ0v) is 11.1. The number of fused-ring (bicyclic) bond motifs is 1. The fraction of sp³-hybridized carbons (Fsp3) is 0.625. The van der Waals surface area contributed by atoms with Gasteiger partial charge in [-0.25, -0.2) is 0 Å². The number of benzene rings is 1. The Bertz CT molecular complexity index is 423. The second-order valence-electron chi connectivity index (χ2n) is 5.96. The lowest BCUT2D eigenvalue weighted by molar-refractivity contribution is 0.226. The monoisotopic (exact) mass is 245 g/mol. The molecule has 0 bridgehead atoms. The molecule has 0 aliphatic heterocycles. The number of ether oxygens (including phenoxy) is 1. The first-order valence-electron chi connectivity index (χ1n) is 7.26. The van der Waals surface area contributed by atoms with Crippen LogP contribution in [0.3, 0.4) is 0 Å². The summed E-state index contributed by atoms with van der Waals surface area (Å²) in [5.41, 5.74) is 9.09. The lowest BCUT2D eigenvalue weighted by Gasteiger charge is -2.19. The van der Waals surface area contributed by atoms with Crippen LogP contribution in [0.1, 0.15) is 43.2 Å². The van der Waals surface area contributed by atoms with Gasteiger partial charge in [-0.1, -0.05) is 6.07 Å². The van der Waals surface area contributed by atoms with Gasteiger partial charge in [0.1, 0.15) is 5.75 Å². The molecule has 3 rings (SSSR count). The van der Waals surface area contributed by atoms with Crippen molar-refractivity contribution in [3.63, 3.8) is 0 Å². The normalized spacial score (nSPS) is 20.3. The number of hydrogen-bond acceptors (Lipinski definition) is 2. The molecule has 0 spiro atoms. The number of nitrogens with two attached hydrogens (primary N) is 1. The Kier molecular flexibility index (Phi) is 3.29. The van der Waals surface area contributed by atoms with E-state index in [4.69, 9.17) is 10.5 Å². The molecule has 2 aliphatic rings. The van der Waals surface area contributed by atoms with Gasteiger partial charge >= 0.3 is 0 Å². The highest BCUT2D eigenvalue weighted by atomic mass is 16.5. The van der Waals surface area contributed by atoms with Crippen LogP contribution >= 0.6 is 0 Å². The van der Waals surface area contributed by atoms with E-state index in [1.165, 1.54) is 49.7 Å². The van der Waals surface area contributed by atoms with Gasteiger partial charge in [0.05, 0.1) is 6.61 Å². The molecule has 1 aromatic rings. The van der Waals surface area contributed by atoms with Crippen LogP contribution in [0, 0.1) is 5.41 Å². The summed E-state index contributed by atoms with van der Waals surface area (Å²) in [4.78, 5) is 0. The zero-order valence-electron chi connectivity index (χ0n) is 11.1. The lowest BCUT2D eigenvalue weighted by Crippen LogP contribution is -2.17. The van der Waals surface area contributed by atoms with Gasteiger partial charge in [-0.2, -0.15) is 0 Å². The molecule has 0 amide bonds. The van der Waals surface area contributed by atoms with Gasteiger partial charge in [-0.05, 0) is 74.8 Å². The fourth-order valence-electron chi connectivity index (χ4n) is 2.99. The molecule has 0 radical (unpaired) electrons. The van der Waals surface area contributed by atoms with Gasteiger partial charge in [0.15, 0.2) is 0 Å². The van der Waals surface area contributed by atoms with Gasteiger partial charge in [0.25, 0.3) is 0 Å². The van der Waals surface area contributed by atoms with Crippen LogP contribution in [0.2, 0.25) is 0 Å².